The van der Waals surface area contributed by atoms with E-state index in [9.17, 15) is 0 Å². The number of rotatable bonds is 1. The fourth-order valence-electron chi connectivity index (χ4n) is 0.716. The molecule has 0 amide bonds. The quantitative estimate of drug-likeness (QED) is 0.580. The van der Waals surface area contributed by atoms with Crippen LogP contribution in [0.5, 0.6) is 0 Å². The first-order valence-corrected chi connectivity index (χ1v) is 3.97. The van der Waals surface area contributed by atoms with Gasteiger partial charge in [-0.05, 0) is 30.5 Å². The summed E-state index contributed by atoms with van der Waals surface area (Å²) in [6, 6.07) is 0. The second-order valence-electron chi connectivity index (χ2n) is 2.38. The van der Waals surface area contributed by atoms with Gasteiger partial charge in [-0.3, -0.25) is 4.72 Å². The topological polar surface area (TPSA) is 12.0 Å². The molecule has 0 unspecified atom stereocenters. The normalized spacial score (nSPS) is 22.1. The average molecular weight is 153 g/mol. The Balaban J connectivity index is 2.72. The molecule has 2 heteroatoms. The Morgan fingerprint density at radius 1 is 1.80 bits per heavy atom. The van der Waals surface area contributed by atoms with E-state index in [0.29, 0.717) is 0 Å². The Hall–Kier alpha value is -0.470. The standard InChI is InChI=1S/C8H11NS/c1-6(2)4-8-7(3)5-9-10-8/h4,9H,1,3,5H2,2H3/b8-4+. The van der Waals surface area contributed by atoms with Gasteiger partial charge in [0.15, 0.2) is 0 Å². The summed E-state index contributed by atoms with van der Waals surface area (Å²) < 4.78 is 3.14. The van der Waals surface area contributed by atoms with Gasteiger partial charge in [0.2, 0.25) is 0 Å². The molecule has 54 valence electrons. The molecule has 1 aliphatic rings. The fraction of sp³-hybridized carbons (Fsp3) is 0.250. The number of hydrogen-bond acceptors (Lipinski definition) is 2. The van der Waals surface area contributed by atoms with Crippen molar-refractivity contribution >= 4 is 11.9 Å². The lowest BCUT2D eigenvalue weighted by Crippen LogP contribution is -1.94. The highest BCUT2D eigenvalue weighted by atomic mass is 32.2. The van der Waals surface area contributed by atoms with Gasteiger partial charge < -0.3 is 0 Å². The minimum Gasteiger partial charge on any atom is -0.255 e. The SMILES string of the molecule is C=C(C)/C=C1/SNCC1=C. The van der Waals surface area contributed by atoms with E-state index in [1.807, 2.05) is 13.0 Å². The van der Waals surface area contributed by atoms with Crippen LogP contribution in [0.3, 0.4) is 0 Å². The van der Waals surface area contributed by atoms with Crippen LogP contribution in [0.1, 0.15) is 6.92 Å². The van der Waals surface area contributed by atoms with Gasteiger partial charge >= 0.3 is 0 Å². The molecule has 0 aromatic heterocycles. The molecule has 1 saturated heterocycles. The minimum atomic E-state index is 0.893. The van der Waals surface area contributed by atoms with Crippen molar-refractivity contribution in [3.63, 3.8) is 0 Å². The zero-order valence-corrected chi connectivity index (χ0v) is 6.92. The number of allylic oxidation sites excluding steroid dienone is 2. The van der Waals surface area contributed by atoms with Crippen LogP contribution in [0.25, 0.3) is 0 Å². The molecule has 0 spiro atoms. The van der Waals surface area contributed by atoms with Crippen molar-refractivity contribution in [1.29, 1.82) is 0 Å². The lowest BCUT2D eigenvalue weighted by atomic mass is 10.2. The van der Waals surface area contributed by atoms with Crippen LogP contribution in [-0.4, -0.2) is 6.54 Å². The Kier molecular flexibility index (Phi) is 2.35. The highest BCUT2D eigenvalue weighted by Crippen LogP contribution is 2.26. The molecule has 1 rings (SSSR count). The molecule has 0 atom stereocenters. The Morgan fingerprint density at radius 2 is 2.50 bits per heavy atom. The summed E-state index contributed by atoms with van der Waals surface area (Å²) >= 11 is 1.63. The second kappa shape index (κ2) is 3.08. The first-order chi connectivity index (χ1) is 4.70. The van der Waals surface area contributed by atoms with Gasteiger partial charge in [-0.25, -0.2) is 0 Å². The molecule has 0 aliphatic carbocycles. The van der Waals surface area contributed by atoms with Crippen LogP contribution >= 0.6 is 11.9 Å². The number of hydrogen-bond donors (Lipinski definition) is 1. The third kappa shape index (κ3) is 1.75. The predicted octanol–water partition coefficient (Wildman–Crippen LogP) is 2.25. The molecule has 1 N–H and O–H groups in total. The maximum atomic E-state index is 3.90. The fourth-order valence-corrected chi connectivity index (χ4v) is 1.59. The van der Waals surface area contributed by atoms with Crippen molar-refractivity contribution in [2.45, 2.75) is 6.92 Å². The Bertz CT molecular complexity index is 203. The van der Waals surface area contributed by atoms with Crippen LogP contribution < -0.4 is 4.72 Å². The first-order valence-electron chi connectivity index (χ1n) is 3.15. The third-order valence-electron chi connectivity index (χ3n) is 1.19. The molecule has 10 heavy (non-hydrogen) atoms. The Labute approximate surface area is 66.0 Å². The van der Waals surface area contributed by atoms with Crippen molar-refractivity contribution in [2.75, 3.05) is 6.54 Å². The maximum Gasteiger partial charge on any atom is 0.0318 e. The average Bonchev–Trinajstić information content (AvgIpc) is 2.15. The van der Waals surface area contributed by atoms with E-state index < -0.39 is 0 Å². The summed E-state index contributed by atoms with van der Waals surface area (Å²) in [6.45, 7) is 10.6. The zero-order valence-electron chi connectivity index (χ0n) is 6.11. The molecule has 0 aromatic rings. The van der Waals surface area contributed by atoms with E-state index in [4.69, 9.17) is 0 Å². The van der Waals surface area contributed by atoms with Gasteiger partial charge in [0.1, 0.15) is 0 Å². The molecular weight excluding hydrogens is 142 g/mol. The van der Waals surface area contributed by atoms with Gasteiger partial charge in [-0.15, -0.1) is 0 Å². The molecule has 1 aliphatic heterocycles. The molecular formula is C8H11NS. The van der Waals surface area contributed by atoms with Gasteiger partial charge in [0.05, 0.1) is 0 Å². The predicted molar refractivity (Wildman–Crippen MR) is 47.6 cm³/mol. The van der Waals surface area contributed by atoms with Crippen LogP contribution in [0.4, 0.5) is 0 Å². The van der Waals surface area contributed by atoms with Crippen molar-refractivity contribution < 1.29 is 0 Å². The summed E-state index contributed by atoms with van der Waals surface area (Å²) in [6.07, 6.45) is 2.05. The monoisotopic (exact) mass is 153 g/mol. The first kappa shape index (κ1) is 7.63. The van der Waals surface area contributed by atoms with E-state index in [-0.39, 0.29) is 0 Å². The van der Waals surface area contributed by atoms with Crippen molar-refractivity contribution in [3.8, 4) is 0 Å². The van der Waals surface area contributed by atoms with E-state index in [0.717, 1.165) is 17.7 Å². The Morgan fingerprint density at radius 3 is 2.90 bits per heavy atom. The molecule has 0 saturated carbocycles. The van der Waals surface area contributed by atoms with Crippen LogP contribution in [-0.2, 0) is 0 Å². The van der Waals surface area contributed by atoms with Crippen molar-refractivity contribution in [3.05, 3.63) is 35.3 Å². The lowest BCUT2D eigenvalue weighted by molar-refractivity contribution is 1.12. The number of nitrogens with one attached hydrogen (secondary N) is 1. The van der Waals surface area contributed by atoms with Crippen molar-refractivity contribution in [1.82, 2.24) is 4.72 Å². The highest BCUT2D eigenvalue weighted by molar-refractivity contribution is 8.01. The summed E-state index contributed by atoms with van der Waals surface area (Å²) in [4.78, 5) is 1.22. The summed E-state index contributed by atoms with van der Waals surface area (Å²) in [5.74, 6) is 0. The summed E-state index contributed by atoms with van der Waals surface area (Å²) in [5.41, 5.74) is 2.24. The lowest BCUT2D eigenvalue weighted by Gasteiger charge is -1.93. The maximum absolute atomic E-state index is 3.90. The van der Waals surface area contributed by atoms with Gasteiger partial charge in [-0.2, -0.15) is 0 Å². The third-order valence-corrected chi connectivity index (χ3v) is 2.11. The van der Waals surface area contributed by atoms with Gasteiger partial charge in [-0.1, -0.05) is 18.7 Å². The van der Waals surface area contributed by atoms with Crippen LogP contribution in [0.2, 0.25) is 0 Å². The summed E-state index contributed by atoms with van der Waals surface area (Å²) in [7, 11) is 0. The largest absolute Gasteiger partial charge is 0.255 e. The zero-order chi connectivity index (χ0) is 7.56. The van der Waals surface area contributed by atoms with E-state index in [2.05, 4.69) is 17.9 Å². The van der Waals surface area contributed by atoms with Crippen LogP contribution in [0.15, 0.2) is 35.3 Å². The van der Waals surface area contributed by atoms with Crippen LogP contribution in [0, 0.1) is 0 Å². The second-order valence-corrected chi connectivity index (χ2v) is 3.31. The molecule has 1 fully saturated rings. The minimum absolute atomic E-state index is 0.893. The van der Waals surface area contributed by atoms with Gasteiger partial charge in [0, 0.05) is 11.4 Å². The molecule has 0 aromatic carbocycles. The molecule has 0 bridgehead atoms. The van der Waals surface area contributed by atoms with E-state index >= 15 is 0 Å². The van der Waals surface area contributed by atoms with Crippen molar-refractivity contribution in [2.24, 2.45) is 0 Å². The highest BCUT2D eigenvalue weighted by Gasteiger charge is 2.10. The van der Waals surface area contributed by atoms with E-state index in [1.165, 1.54) is 4.91 Å². The summed E-state index contributed by atoms with van der Waals surface area (Å²) in [5, 5.41) is 0. The van der Waals surface area contributed by atoms with E-state index in [1.54, 1.807) is 11.9 Å². The molecule has 1 nitrogen and oxygen atoms in total. The van der Waals surface area contributed by atoms with Gasteiger partial charge in [0.25, 0.3) is 0 Å². The molecule has 1 heterocycles. The molecule has 0 radical (unpaired) electrons. The smallest absolute Gasteiger partial charge is 0.0318 e.